The quantitative estimate of drug-likeness (QED) is 0.934. The van der Waals surface area contributed by atoms with Gasteiger partial charge in [-0.3, -0.25) is 4.90 Å². The van der Waals surface area contributed by atoms with Crippen LogP contribution in [0.25, 0.3) is 11.4 Å². The van der Waals surface area contributed by atoms with Gasteiger partial charge in [0, 0.05) is 18.2 Å². The first-order chi connectivity index (χ1) is 10.2. The Kier molecular flexibility index (Phi) is 4.26. The number of rotatable bonds is 4. The number of hydrogen-bond donors (Lipinski definition) is 1. The SMILES string of the molecule is CNC1CCCN(Cc2nc(-c3ccc(F)cc3)no2)C1. The molecule has 1 aromatic heterocycles. The lowest BCUT2D eigenvalue weighted by atomic mass is 10.1. The minimum absolute atomic E-state index is 0.270. The summed E-state index contributed by atoms with van der Waals surface area (Å²) in [5.41, 5.74) is 0.762. The molecule has 5 nitrogen and oxygen atoms in total. The Morgan fingerprint density at radius 2 is 2.19 bits per heavy atom. The van der Waals surface area contributed by atoms with E-state index in [1.54, 1.807) is 12.1 Å². The largest absolute Gasteiger partial charge is 0.338 e. The van der Waals surface area contributed by atoms with E-state index in [9.17, 15) is 4.39 Å². The third kappa shape index (κ3) is 3.46. The standard InChI is InChI=1S/C15H19FN4O/c1-17-13-3-2-8-20(9-13)10-14-18-15(19-21-14)11-4-6-12(16)7-5-11/h4-7,13,17H,2-3,8-10H2,1H3. The third-order valence-corrected chi connectivity index (χ3v) is 3.84. The van der Waals surface area contributed by atoms with Gasteiger partial charge in [-0.15, -0.1) is 0 Å². The van der Waals surface area contributed by atoms with Crippen molar-refractivity contribution in [1.29, 1.82) is 0 Å². The molecule has 1 saturated heterocycles. The number of halogens is 1. The van der Waals surface area contributed by atoms with E-state index in [1.807, 2.05) is 7.05 Å². The summed E-state index contributed by atoms with van der Waals surface area (Å²) in [6.07, 6.45) is 2.38. The van der Waals surface area contributed by atoms with Gasteiger partial charge in [0.2, 0.25) is 11.7 Å². The highest BCUT2D eigenvalue weighted by molar-refractivity contribution is 5.53. The van der Waals surface area contributed by atoms with Crippen molar-refractivity contribution < 1.29 is 8.91 Å². The molecular weight excluding hydrogens is 271 g/mol. The van der Waals surface area contributed by atoms with Crippen LogP contribution in [0.2, 0.25) is 0 Å². The number of nitrogens with zero attached hydrogens (tertiary/aromatic N) is 3. The molecule has 0 amide bonds. The first-order valence-electron chi connectivity index (χ1n) is 7.23. The topological polar surface area (TPSA) is 54.2 Å². The molecule has 3 rings (SSSR count). The second-order valence-electron chi connectivity index (χ2n) is 5.38. The van der Waals surface area contributed by atoms with Gasteiger partial charge in [-0.05, 0) is 50.7 Å². The Hall–Kier alpha value is -1.79. The van der Waals surface area contributed by atoms with Gasteiger partial charge >= 0.3 is 0 Å². The number of piperidine rings is 1. The van der Waals surface area contributed by atoms with Crippen molar-refractivity contribution >= 4 is 0 Å². The van der Waals surface area contributed by atoms with Crippen LogP contribution in [0.4, 0.5) is 4.39 Å². The predicted octanol–water partition coefficient (Wildman–Crippen LogP) is 2.06. The maximum Gasteiger partial charge on any atom is 0.241 e. The van der Waals surface area contributed by atoms with Gasteiger partial charge in [0.15, 0.2) is 0 Å². The van der Waals surface area contributed by atoms with Crippen molar-refractivity contribution in [3.05, 3.63) is 36.0 Å². The molecular formula is C15H19FN4O. The van der Waals surface area contributed by atoms with Gasteiger partial charge in [0.25, 0.3) is 0 Å². The highest BCUT2D eigenvalue weighted by Crippen LogP contribution is 2.18. The lowest BCUT2D eigenvalue weighted by Gasteiger charge is -2.31. The molecule has 21 heavy (non-hydrogen) atoms. The lowest BCUT2D eigenvalue weighted by Crippen LogP contribution is -2.43. The van der Waals surface area contributed by atoms with Gasteiger partial charge in [-0.2, -0.15) is 4.98 Å². The Balaban J connectivity index is 1.66. The minimum Gasteiger partial charge on any atom is -0.338 e. The molecule has 0 spiro atoms. The molecule has 112 valence electrons. The number of benzene rings is 1. The fourth-order valence-corrected chi connectivity index (χ4v) is 2.66. The van der Waals surface area contributed by atoms with Crippen molar-refractivity contribution in [3.8, 4) is 11.4 Å². The molecule has 1 N–H and O–H groups in total. The van der Waals surface area contributed by atoms with Crippen molar-refractivity contribution in [2.75, 3.05) is 20.1 Å². The van der Waals surface area contributed by atoms with Gasteiger partial charge in [-0.25, -0.2) is 4.39 Å². The summed E-state index contributed by atoms with van der Waals surface area (Å²) in [6.45, 7) is 2.70. The molecule has 2 heterocycles. The maximum atomic E-state index is 12.9. The van der Waals surface area contributed by atoms with E-state index < -0.39 is 0 Å². The van der Waals surface area contributed by atoms with Crippen LogP contribution in [0.5, 0.6) is 0 Å². The second-order valence-corrected chi connectivity index (χ2v) is 5.38. The molecule has 0 radical (unpaired) electrons. The zero-order valence-electron chi connectivity index (χ0n) is 12.1. The number of likely N-dealkylation sites (tertiary alicyclic amines) is 1. The molecule has 0 aliphatic carbocycles. The number of nitrogens with one attached hydrogen (secondary N) is 1. The van der Waals surface area contributed by atoms with E-state index in [-0.39, 0.29) is 5.82 Å². The van der Waals surface area contributed by atoms with E-state index in [1.165, 1.54) is 25.0 Å². The monoisotopic (exact) mass is 290 g/mol. The number of likely N-dealkylation sites (N-methyl/N-ethyl adjacent to an activating group) is 1. The lowest BCUT2D eigenvalue weighted by molar-refractivity contribution is 0.167. The molecule has 2 aromatic rings. The van der Waals surface area contributed by atoms with Gasteiger partial charge in [0.05, 0.1) is 6.54 Å². The van der Waals surface area contributed by atoms with Crippen LogP contribution in [0.1, 0.15) is 18.7 Å². The van der Waals surface area contributed by atoms with Crippen molar-refractivity contribution in [1.82, 2.24) is 20.4 Å². The van der Waals surface area contributed by atoms with Crippen LogP contribution >= 0.6 is 0 Å². The van der Waals surface area contributed by atoms with E-state index >= 15 is 0 Å². The molecule has 0 bridgehead atoms. The van der Waals surface area contributed by atoms with E-state index in [0.717, 1.165) is 18.7 Å². The van der Waals surface area contributed by atoms with Gasteiger partial charge < -0.3 is 9.84 Å². The fraction of sp³-hybridized carbons (Fsp3) is 0.467. The summed E-state index contributed by atoms with van der Waals surface area (Å²) in [7, 11) is 1.99. The van der Waals surface area contributed by atoms with E-state index in [2.05, 4.69) is 20.4 Å². The van der Waals surface area contributed by atoms with Crippen LogP contribution < -0.4 is 5.32 Å². The number of aromatic nitrogens is 2. The third-order valence-electron chi connectivity index (χ3n) is 3.84. The first kappa shape index (κ1) is 14.2. The zero-order valence-corrected chi connectivity index (χ0v) is 12.1. The van der Waals surface area contributed by atoms with E-state index in [0.29, 0.717) is 24.3 Å². The highest BCUT2D eigenvalue weighted by Gasteiger charge is 2.20. The smallest absolute Gasteiger partial charge is 0.241 e. The highest BCUT2D eigenvalue weighted by atomic mass is 19.1. The van der Waals surface area contributed by atoms with Crippen molar-refractivity contribution in [3.63, 3.8) is 0 Å². The number of hydrogen-bond acceptors (Lipinski definition) is 5. The van der Waals surface area contributed by atoms with Crippen LogP contribution in [-0.4, -0.2) is 41.2 Å². The molecule has 1 unspecified atom stereocenters. The maximum absolute atomic E-state index is 12.9. The van der Waals surface area contributed by atoms with Crippen LogP contribution in [0.3, 0.4) is 0 Å². The Labute approximate surface area is 123 Å². The van der Waals surface area contributed by atoms with Crippen LogP contribution in [-0.2, 0) is 6.54 Å². The fourth-order valence-electron chi connectivity index (χ4n) is 2.66. The first-order valence-corrected chi connectivity index (χ1v) is 7.23. The zero-order chi connectivity index (χ0) is 14.7. The van der Waals surface area contributed by atoms with Crippen LogP contribution in [0.15, 0.2) is 28.8 Å². The van der Waals surface area contributed by atoms with Crippen LogP contribution in [0, 0.1) is 5.82 Å². The Bertz CT molecular complexity index is 584. The van der Waals surface area contributed by atoms with Crippen molar-refractivity contribution in [2.24, 2.45) is 0 Å². The molecule has 1 aromatic carbocycles. The molecule has 1 aliphatic heterocycles. The van der Waals surface area contributed by atoms with Gasteiger partial charge in [-0.1, -0.05) is 5.16 Å². The normalized spacial score (nSPS) is 19.8. The molecule has 1 atom stereocenters. The summed E-state index contributed by atoms with van der Waals surface area (Å²) < 4.78 is 18.2. The van der Waals surface area contributed by atoms with Crippen molar-refractivity contribution in [2.45, 2.75) is 25.4 Å². The Morgan fingerprint density at radius 3 is 2.95 bits per heavy atom. The second kappa shape index (κ2) is 6.32. The summed E-state index contributed by atoms with van der Waals surface area (Å²) in [5, 5.41) is 7.28. The molecule has 0 saturated carbocycles. The minimum atomic E-state index is -0.270. The average molecular weight is 290 g/mol. The van der Waals surface area contributed by atoms with Gasteiger partial charge in [0.1, 0.15) is 5.82 Å². The average Bonchev–Trinajstić information content (AvgIpc) is 2.96. The van der Waals surface area contributed by atoms with E-state index in [4.69, 9.17) is 4.52 Å². The summed E-state index contributed by atoms with van der Waals surface area (Å²) >= 11 is 0. The molecule has 1 fully saturated rings. The Morgan fingerprint density at radius 1 is 1.38 bits per heavy atom. The molecule has 6 heteroatoms. The molecule has 1 aliphatic rings. The summed E-state index contributed by atoms with van der Waals surface area (Å²) in [5.74, 6) is 0.840. The summed E-state index contributed by atoms with van der Waals surface area (Å²) in [6, 6.07) is 6.63. The predicted molar refractivity (Wildman–Crippen MR) is 77.1 cm³/mol. The summed E-state index contributed by atoms with van der Waals surface area (Å²) in [4.78, 5) is 6.70.